The van der Waals surface area contributed by atoms with Gasteiger partial charge in [-0.15, -0.1) is 0 Å². The lowest BCUT2D eigenvalue weighted by molar-refractivity contribution is -0.119. The van der Waals surface area contributed by atoms with E-state index in [9.17, 15) is 14.7 Å². The van der Waals surface area contributed by atoms with Gasteiger partial charge in [-0.3, -0.25) is 14.5 Å². The number of ketones is 1. The lowest BCUT2D eigenvalue weighted by Crippen LogP contribution is -2.31. The number of anilines is 1. The van der Waals surface area contributed by atoms with Gasteiger partial charge in [-0.25, -0.2) is 0 Å². The lowest BCUT2D eigenvalue weighted by Gasteiger charge is -2.28. The van der Waals surface area contributed by atoms with Gasteiger partial charge in [0.2, 0.25) is 0 Å². The van der Waals surface area contributed by atoms with Crippen LogP contribution in [0.1, 0.15) is 32.4 Å². The highest BCUT2D eigenvalue weighted by atomic mass is 16.5. The van der Waals surface area contributed by atoms with Crippen molar-refractivity contribution in [3.8, 4) is 17.2 Å². The van der Waals surface area contributed by atoms with E-state index in [2.05, 4.69) is 0 Å². The van der Waals surface area contributed by atoms with Crippen LogP contribution in [0.5, 0.6) is 17.2 Å². The second-order valence-electron chi connectivity index (χ2n) is 7.40. The van der Waals surface area contributed by atoms with Gasteiger partial charge in [0.15, 0.2) is 23.0 Å². The molecule has 31 heavy (non-hydrogen) atoms. The summed E-state index contributed by atoms with van der Waals surface area (Å²) in [5.74, 6) is -0.304. The molecule has 3 rings (SSSR count). The Hall–Kier alpha value is -3.48. The van der Waals surface area contributed by atoms with Crippen molar-refractivity contribution in [1.29, 1.82) is 0 Å². The standard InChI is InChI=1S/C24H27NO6/c1-6-31-19-12-15(10-11-18(19)30-5)21-20(22(26)14(2)3)23(27)24(28)25(21)16-8-7-9-17(13-16)29-4/h7-14,21,27H,6H2,1-5H3. The minimum atomic E-state index is -0.820. The first kappa shape index (κ1) is 22.2. The number of carbonyl (C=O) groups is 2. The Morgan fingerprint density at radius 1 is 1.10 bits per heavy atom. The molecule has 0 bridgehead atoms. The molecule has 0 radical (unpaired) electrons. The number of rotatable bonds is 8. The number of hydrogen-bond donors (Lipinski definition) is 1. The maximum atomic E-state index is 13.1. The van der Waals surface area contributed by atoms with Crippen molar-refractivity contribution in [2.75, 3.05) is 25.7 Å². The molecule has 1 heterocycles. The van der Waals surface area contributed by atoms with Crippen LogP contribution >= 0.6 is 0 Å². The Kier molecular flexibility index (Phi) is 6.53. The van der Waals surface area contributed by atoms with Crippen molar-refractivity contribution >= 4 is 17.4 Å². The number of aliphatic hydroxyl groups is 1. The molecule has 7 nitrogen and oxygen atoms in total. The topological polar surface area (TPSA) is 85.3 Å². The number of aliphatic hydroxyl groups excluding tert-OH is 1. The first-order valence-corrected chi connectivity index (χ1v) is 10.1. The van der Waals surface area contributed by atoms with Crippen LogP contribution < -0.4 is 19.1 Å². The summed E-state index contributed by atoms with van der Waals surface area (Å²) in [5, 5.41) is 10.7. The molecule has 164 valence electrons. The number of Topliss-reactive ketones (excluding diaryl/α,β-unsaturated/α-hetero) is 1. The van der Waals surface area contributed by atoms with Crippen molar-refractivity contribution in [3.63, 3.8) is 0 Å². The summed E-state index contributed by atoms with van der Waals surface area (Å²) in [6.07, 6.45) is 0. The van der Waals surface area contributed by atoms with Gasteiger partial charge in [-0.2, -0.15) is 0 Å². The molecular weight excluding hydrogens is 398 g/mol. The summed E-state index contributed by atoms with van der Waals surface area (Å²) in [6.45, 7) is 5.74. The van der Waals surface area contributed by atoms with E-state index in [0.29, 0.717) is 35.1 Å². The van der Waals surface area contributed by atoms with Crippen LogP contribution in [-0.2, 0) is 9.59 Å². The van der Waals surface area contributed by atoms with Crippen molar-refractivity contribution in [2.24, 2.45) is 5.92 Å². The zero-order chi connectivity index (χ0) is 22.7. The fraction of sp³-hybridized carbons (Fsp3) is 0.333. The smallest absolute Gasteiger partial charge is 0.294 e. The molecule has 7 heteroatoms. The van der Waals surface area contributed by atoms with Crippen LogP contribution in [0.4, 0.5) is 5.69 Å². The van der Waals surface area contributed by atoms with Crippen LogP contribution in [0.15, 0.2) is 53.8 Å². The van der Waals surface area contributed by atoms with Gasteiger partial charge in [0.1, 0.15) is 5.75 Å². The molecule has 2 aromatic rings. The molecule has 1 aliphatic heterocycles. The van der Waals surface area contributed by atoms with E-state index in [1.807, 2.05) is 6.92 Å². The number of amides is 1. The molecule has 1 N–H and O–H groups in total. The first-order valence-electron chi connectivity index (χ1n) is 10.1. The van der Waals surface area contributed by atoms with Crippen LogP contribution in [0.2, 0.25) is 0 Å². The molecule has 1 aliphatic rings. The number of methoxy groups -OCH3 is 2. The second kappa shape index (κ2) is 9.12. The maximum absolute atomic E-state index is 13.1. The van der Waals surface area contributed by atoms with Crippen molar-refractivity contribution in [2.45, 2.75) is 26.8 Å². The monoisotopic (exact) mass is 425 g/mol. The van der Waals surface area contributed by atoms with Crippen molar-refractivity contribution in [3.05, 3.63) is 59.4 Å². The third-order valence-electron chi connectivity index (χ3n) is 5.13. The SMILES string of the molecule is CCOc1cc(C2C(C(=O)C(C)C)=C(O)C(=O)N2c2cccc(OC)c2)ccc1OC. The van der Waals surface area contributed by atoms with E-state index in [4.69, 9.17) is 14.2 Å². The molecule has 0 aliphatic carbocycles. The predicted octanol–water partition coefficient (Wildman–Crippen LogP) is 4.23. The quantitative estimate of drug-likeness (QED) is 0.681. The summed E-state index contributed by atoms with van der Waals surface area (Å²) < 4.78 is 16.3. The van der Waals surface area contributed by atoms with Crippen LogP contribution in [0.25, 0.3) is 0 Å². The number of hydrogen-bond acceptors (Lipinski definition) is 6. The molecule has 1 amide bonds. The Morgan fingerprint density at radius 3 is 2.45 bits per heavy atom. The average Bonchev–Trinajstić information content (AvgIpc) is 3.04. The Balaban J connectivity index is 2.21. The van der Waals surface area contributed by atoms with Crippen LogP contribution in [-0.4, -0.2) is 37.6 Å². The van der Waals surface area contributed by atoms with Gasteiger partial charge in [0.05, 0.1) is 32.4 Å². The summed E-state index contributed by atoms with van der Waals surface area (Å²) in [5.41, 5.74) is 1.19. The number of ether oxygens (including phenoxy) is 3. The minimum Gasteiger partial charge on any atom is -0.503 e. The van der Waals surface area contributed by atoms with Crippen LogP contribution in [0, 0.1) is 5.92 Å². The molecular formula is C24H27NO6. The van der Waals surface area contributed by atoms with Crippen LogP contribution in [0.3, 0.4) is 0 Å². The van der Waals surface area contributed by atoms with E-state index in [0.717, 1.165) is 0 Å². The highest BCUT2D eigenvalue weighted by Crippen LogP contribution is 2.44. The number of benzene rings is 2. The molecule has 0 fully saturated rings. The zero-order valence-corrected chi connectivity index (χ0v) is 18.3. The van der Waals surface area contributed by atoms with Crippen molar-refractivity contribution in [1.82, 2.24) is 0 Å². The molecule has 1 unspecified atom stereocenters. The first-order chi connectivity index (χ1) is 14.8. The third kappa shape index (κ3) is 4.08. The largest absolute Gasteiger partial charge is 0.503 e. The molecule has 1 atom stereocenters. The van der Waals surface area contributed by atoms with Gasteiger partial charge in [-0.05, 0) is 36.8 Å². The molecule has 0 spiro atoms. The van der Waals surface area contributed by atoms with E-state index in [1.54, 1.807) is 63.4 Å². The Bertz CT molecular complexity index is 1030. The number of nitrogens with zero attached hydrogens (tertiary/aromatic N) is 1. The fourth-order valence-electron chi connectivity index (χ4n) is 3.64. The average molecular weight is 425 g/mol. The lowest BCUT2D eigenvalue weighted by atomic mass is 9.91. The highest BCUT2D eigenvalue weighted by Gasteiger charge is 2.45. The van der Waals surface area contributed by atoms with Gasteiger partial charge < -0.3 is 19.3 Å². The van der Waals surface area contributed by atoms with Gasteiger partial charge in [0.25, 0.3) is 5.91 Å². The Morgan fingerprint density at radius 2 is 1.84 bits per heavy atom. The molecule has 0 saturated heterocycles. The minimum absolute atomic E-state index is 0.0652. The summed E-state index contributed by atoms with van der Waals surface area (Å²) >= 11 is 0. The van der Waals surface area contributed by atoms with E-state index < -0.39 is 23.6 Å². The second-order valence-corrected chi connectivity index (χ2v) is 7.40. The summed E-state index contributed by atoms with van der Waals surface area (Å²) in [6, 6.07) is 11.3. The van der Waals surface area contributed by atoms with E-state index in [-0.39, 0.29) is 11.4 Å². The van der Waals surface area contributed by atoms with E-state index in [1.165, 1.54) is 12.0 Å². The molecule has 2 aromatic carbocycles. The fourth-order valence-corrected chi connectivity index (χ4v) is 3.64. The van der Waals surface area contributed by atoms with Gasteiger partial charge >= 0.3 is 0 Å². The Labute approximate surface area is 181 Å². The molecule has 0 saturated carbocycles. The van der Waals surface area contributed by atoms with Crippen molar-refractivity contribution < 1.29 is 28.9 Å². The molecule has 0 aromatic heterocycles. The van der Waals surface area contributed by atoms with E-state index >= 15 is 0 Å². The van der Waals surface area contributed by atoms with Gasteiger partial charge in [-0.1, -0.05) is 26.0 Å². The summed E-state index contributed by atoms with van der Waals surface area (Å²) in [7, 11) is 3.07. The zero-order valence-electron chi connectivity index (χ0n) is 18.3. The number of carbonyl (C=O) groups excluding carboxylic acids is 2. The maximum Gasteiger partial charge on any atom is 0.294 e. The predicted molar refractivity (Wildman–Crippen MR) is 117 cm³/mol. The third-order valence-corrected chi connectivity index (χ3v) is 5.13. The normalized spacial score (nSPS) is 16.1. The van der Waals surface area contributed by atoms with Gasteiger partial charge in [0, 0.05) is 17.7 Å². The highest BCUT2D eigenvalue weighted by molar-refractivity contribution is 6.16. The summed E-state index contributed by atoms with van der Waals surface area (Å²) in [4.78, 5) is 27.6.